The van der Waals surface area contributed by atoms with Crippen molar-refractivity contribution in [3.8, 4) is 0 Å². The lowest BCUT2D eigenvalue weighted by Crippen LogP contribution is -2.30. The predicted octanol–water partition coefficient (Wildman–Crippen LogP) is 0.00430. The molecule has 0 unspecified atom stereocenters. The molecular formula is C10H14O8. The summed E-state index contributed by atoms with van der Waals surface area (Å²) in [6, 6.07) is 0. The fourth-order valence-corrected chi connectivity index (χ4v) is 0.886. The maximum atomic E-state index is 11.1. The van der Waals surface area contributed by atoms with Gasteiger partial charge in [0.05, 0.1) is 0 Å². The highest BCUT2D eigenvalue weighted by Crippen LogP contribution is 2.10. The van der Waals surface area contributed by atoms with Gasteiger partial charge in [-0.2, -0.15) is 0 Å². The van der Waals surface area contributed by atoms with Gasteiger partial charge in [-0.3, -0.25) is 19.2 Å². The van der Waals surface area contributed by atoms with Crippen LogP contribution < -0.4 is 0 Å². The first-order chi connectivity index (χ1) is 8.22. The Balaban J connectivity index is 4.39. The van der Waals surface area contributed by atoms with Crippen LogP contribution in [0.2, 0.25) is 0 Å². The number of rotatable bonds is 7. The van der Waals surface area contributed by atoms with Gasteiger partial charge in [-0.25, -0.2) is 0 Å². The topological polar surface area (TPSA) is 127 Å². The summed E-state index contributed by atoms with van der Waals surface area (Å²) in [5, 5.41) is 16.7. The van der Waals surface area contributed by atoms with Crippen molar-refractivity contribution in [3.63, 3.8) is 0 Å². The van der Waals surface area contributed by atoms with Crippen LogP contribution in [0.4, 0.5) is 0 Å². The average molecular weight is 262 g/mol. The summed E-state index contributed by atoms with van der Waals surface area (Å²) in [5.41, 5.74) is 0. The van der Waals surface area contributed by atoms with Crippen LogP contribution in [0.15, 0.2) is 0 Å². The van der Waals surface area contributed by atoms with Crippen LogP contribution in [0, 0.1) is 5.92 Å². The van der Waals surface area contributed by atoms with Gasteiger partial charge in [-0.05, 0) is 0 Å². The summed E-state index contributed by atoms with van der Waals surface area (Å²) < 4.78 is 9.24. The number of carboxylic acid groups (broad SMARTS) is 2. The molecule has 8 heteroatoms. The van der Waals surface area contributed by atoms with E-state index in [4.69, 9.17) is 10.2 Å². The first kappa shape index (κ1) is 15.9. The fraction of sp³-hybridized carbons (Fsp3) is 0.600. The standard InChI is InChI=1S/C10H14O8/c1-5(2)10(17-8(15)3-6(11)12)18-9(16)4-7(13)14/h5,10H,3-4H2,1-2H3,(H,11,12)(H,13,14). The van der Waals surface area contributed by atoms with E-state index in [1.54, 1.807) is 13.8 Å². The van der Waals surface area contributed by atoms with Crippen LogP contribution in [0.1, 0.15) is 26.7 Å². The molecule has 0 rings (SSSR count). The summed E-state index contributed by atoms with van der Waals surface area (Å²) in [7, 11) is 0. The highest BCUT2D eigenvalue weighted by Gasteiger charge is 2.24. The summed E-state index contributed by atoms with van der Waals surface area (Å²) in [6.45, 7) is 3.12. The number of carbonyl (C=O) groups excluding carboxylic acids is 2. The monoisotopic (exact) mass is 262 g/mol. The Bertz CT molecular complexity index is 316. The van der Waals surface area contributed by atoms with E-state index in [-0.39, 0.29) is 0 Å². The minimum absolute atomic E-state index is 0.430. The molecule has 0 spiro atoms. The van der Waals surface area contributed by atoms with Crippen molar-refractivity contribution in [2.24, 2.45) is 5.92 Å². The molecule has 0 aromatic carbocycles. The molecule has 0 aromatic rings. The summed E-state index contributed by atoms with van der Waals surface area (Å²) in [5.74, 6) is -5.31. The van der Waals surface area contributed by atoms with Crippen LogP contribution in [-0.4, -0.2) is 40.4 Å². The zero-order valence-corrected chi connectivity index (χ0v) is 9.91. The second-order valence-corrected chi connectivity index (χ2v) is 3.73. The number of carboxylic acids is 2. The molecule has 8 nitrogen and oxygen atoms in total. The SMILES string of the molecule is CC(C)C(OC(=O)CC(=O)O)OC(=O)CC(=O)O. The quantitative estimate of drug-likeness (QED) is 0.373. The van der Waals surface area contributed by atoms with E-state index in [1.807, 2.05) is 0 Å². The molecule has 102 valence electrons. The number of esters is 2. The second-order valence-electron chi connectivity index (χ2n) is 3.73. The largest absolute Gasteiger partial charge is 0.481 e. The predicted molar refractivity (Wildman–Crippen MR) is 55.3 cm³/mol. The van der Waals surface area contributed by atoms with Crippen LogP contribution >= 0.6 is 0 Å². The Hall–Kier alpha value is -2.12. The van der Waals surface area contributed by atoms with E-state index in [2.05, 4.69) is 9.47 Å². The number of aliphatic carboxylic acids is 2. The molecule has 0 aromatic heterocycles. The molecule has 0 saturated heterocycles. The van der Waals surface area contributed by atoms with Gasteiger partial charge in [0, 0.05) is 5.92 Å². The van der Waals surface area contributed by atoms with Gasteiger partial charge in [0.25, 0.3) is 0 Å². The molecule has 0 bridgehead atoms. The Kier molecular flexibility index (Phi) is 6.40. The highest BCUT2D eigenvalue weighted by molar-refractivity contribution is 5.91. The van der Waals surface area contributed by atoms with Crippen LogP contribution in [0.5, 0.6) is 0 Å². The van der Waals surface area contributed by atoms with E-state index < -0.39 is 48.9 Å². The lowest BCUT2D eigenvalue weighted by Gasteiger charge is -2.20. The normalized spacial score (nSPS) is 10.2. The summed E-state index contributed by atoms with van der Waals surface area (Å²) in [4.78, 5) is 42.6. The van der Waals surface area contributed by atoms with Crippen molar-refractivity contribution in [2.45, 2.75) is 33.0 Å². The van der Waals surface area contributed by atoms with Crippen molar-refractivity contribution in [3.05, 3.63) is 0 Å². The van der Waals surface area contributed by atoms with Gasteiger partial charge >= 0.3 is 23.9 Å². The zero-order chi connectivity index (χ0) is 14.3. The summed E-state index contributed by atoms with van der Waals surface area (Å²) in [6.07, 6.45) is -3.02. The molecule has 0 aliphatic heterocycles. The number of ether oxygens (including phenoxy) is 2. The smallest absolute Gasteiger partial charge is 0.320 e. The third-order valence-corrected chi connectivity index (χ3v) is 1.63. The molecule has 2 N–H and O–H groups in total. The van der Waals surface area contributed by atoms with Crippen molar-refractivity contribution in [1.82, 2.24) is 0 Å². The van der Waals surface area contributed by atoms with E-state index in [0.717, 1.165) is 0 Å². The van der Waals surface area contributed by atoms with Gasteiger partial charge in [0.2, 0.25) is 6.29 Å². The minimum Gasteiger partial charge on any atom is -0.481 e. The van der Waals surface area contributed by atoms with Crippen LogP contribution in [-0.2, 0) is 28.7 Å². The number of carbonyl (C=O) groups is 4. The molecule has 0 aliphatic carbocycles. The Morgan fingerprint density at radius 1 is 0.889 bits per heavy atom. The van der Waals surface area contributed by atoms with Crippen molar-refractivity contribution in [2.75, 3.05) is 0 Å². The van der Waals surface area contributed by atoms with Gasteiger partial charge in [-0.15, -0.1) is 0 Å². The Morgan fingerprint density at radius 2 is 1.22 bits per heavy atom. The molecule has 0 saturated carbocycles. The molecule has 0 atom stereocenters. The maximum Gasteiger partial charge on any atom is 0.320 e. The molecular weight excluding hydrogens is 248 g/mol. The third kappa shape index (κ3) is 7.20. The Morgan fingerprint density at radius 3 is 1.44 bits per heavy atom. The first-order valence-electron chi connectivity index (χ1n) is 5.05. The lowest BCUT2D eigenvalue weighted by molar-refractivity contribution is -0.196. The van der Waals surface area contributed by atoms with E-state index in [9.17, 15) is 19.2 Å². The van der Waals surface area contributed by atoms with Gasteiger partial charge in [0.1, 0.15) is 12.8 Å². The lowest BCUT2D eigenvalue weighted by atomic mass is 10.2. The highest BCUT2D eigenvalue weighted by atomic mass is 16.7. The fourth-order valence-electron chi connectivity index (χ4n) is 0.886. The minimum atomic E-state index is -1.38. The van der Waals surface area contributed by atoms with Crippen molar-refractivity contribution >= 4 is 23.9 Å². The molecule has 0 aliphatic rings. The second kappa shape index (κ2) is 7.25. The van der Waals surface area contributed by atoms with Gasteiger partial charge in [-0.1, -0.05) is 13.8 Å². The molecule has 0 amide bonds. The van der Waals surface area contributed by atoms with Gasteiger partial charge < -0.3 is 19.7 Å². The zero-order valence-electron chi connectivity index (χ0n) is 9.91. The Labute approximate surface area is 102 Å². The van der Waals surface area contributed by atoms with E-state index >= 15 is 0 Å². The summed E-state index contributed by atoms with van der Waals surface area (Å²) >= 11 is 0. The number of hydrogen-bond donors (Lipinski definition) is 2. The van der Waals surface area contributed by atoms with E-state index in [1.165, 1.54) is 0 Å². The third-order valence-electron chi connectivity index (χ3n) is 1.63. The molecule has 0 radical (unpaired) electrons. The van der Waals surface area contributed by atoms with Crippen LogP contribution in [0.25, 0.3) is 0 Å². The van der Waals surface area contributed by atoms with Gasteiger partial charge in [0.15, 0.2) is 0 Å². The maximum absolute atomic E-state index is 11.1. The van der Waals surface area contributed by atoms with E-state index in [0.29, 0.717) is 0 Å². The van der Waals surface area contributed by atoms with Crippen molar-refractivity contribution in [1.29, 1.82) is 0 Å². The number of hydrogen-bond acceptors (Lipinski definition) is 6. The molecule has 0 heterocycles. The van der Waals surface area contributed by atoms with Crippen LogP contribution in [0.3, 0.4) is 0 Å². The average Bonchev–Trinajstić information content (AvgIpc) is 2.13. The molecule has 18 heavy (non-hydrogen) atoms. The van der Waals surface area contributed by atoms with Crippen molar-refractivity contribution < 1.29 is 38.9 Å². The molecule has 0 fully saturated rings. The first-order valence-corrected chi connectivity index (χ1v) is 5.05.